The molecule has 0 atom stereocenters. The van der Waals surface area contributed by atoms with Gasteiger partial charge in [0, 0.05) is 0 Å². The molecule has 3 heterocycles. The molecule has 3 aromatic carbocycles. The average molecular weight is 371 g/mol. The molecule has 0 fully saturated rings. The minimum atomic E-state index is -0.851. The minimum Gasteiger partial charge on any atom is -0.510 e. The maximum atomic E-state index is 5.98. The summed E-state index contributed by atoms with van der Waals surface area (Å²) in [6, 6.07) is 22.3. The zero-order valence-corrected chi connectivity index (χ0v) is 14.6. The largest absolute Gasteiger partial charge is 0.690 e. The molecule has 0 N–H and O–H groups in total. The molecular formula is C18H12B3NO6. The topological polar surface area (TPSA) is 58.6 Å². The standard InChI is InChI=1S/C18H12B3NO6/c1-2-8-14-13(7-1)23-19(24-14)22(20-25-15-9-3-4-10-16(15)26-20)21-27-17-11-5-6-12-18(17)28-21/h1-12H. The molecule has 0 aliphatic carbocycles. The first kappa shape index (κ1) is 15.7. The van der Waals surface area contributed by atoms with Gasteiger partial charge in [-0.3, -0.25) is 0 Å². The maximum absolute atomic E-state index is 5.98. The fourth-order valence-corrected chi connectivity index (χ4v) is 3.32. The average Bonchev–Trinajstić information content (AvgIpc) is 3.44. The minimum absolute atomic E-state index is 0.628. The van der Waals surface area contributed by atoms with Crippen LogP contribution in [-0.4, -0.2) is 26.4 Å². The summed E-state index contributed by atoms with van der Waals surface area (Å²) in [4.78, 5) is 0. The van der Waals surface area contributed by atoms with E-state index in [1.165, 1.54) is 0 Å². The second kappa shape index (κ2) is 6.07. The van der Waals surface area contributed by atoms with Crippen molar-refractivity contribution < 1.29 is 27.9 Å². The second-order valence-corrected chi connectivity index (χ2v) is 6.42. The van der Waals surface area contributed by atoms with Crippen molar-refractivity contribution in [1.82, 2.24) is 4.63 Å². The van der Waals surface area contributed by atoms with Gasteiger partial charge in [0.05, 0.1) is 0 Å². The van der Waals surface area contributed by atoms with Crippen molar-refractivity contribution >= 4 is 21.8 Å². The van der Waals surface area contributed by atoms with Crippen molar-refractivity contribution in [2.45, 2.75) is 0 Å². The van der Waals surface area contributed by atoms with Gasteiger partial charge >= 0.3 is 21.8 Å². The van der Waals surface area contributed by atoms with Crippen molar-refractivity contribution in [1.29, 1.82) is 0 Å². The predicted molar refractivity (Wildman–Crippen MR) is 102 cm³/mol. The summed E-state index contributed by atoms with van der Waals surface area (Å²) in [5, 5.41) is 0. The summed E-state index contributed by atoms with van der Waals surface area (Å²) in [7, 11) is -2.55. The number of rotatable bonds is 3. The van der Waals surface area contributed by atoms with Crippen LogP contribution >= 0.6 is 0 Å². The summed E-state index contributed by atoms with van der Waals surface area (Å²) in [6.07, 6.45) is 0. The molecule has 0 bridgehead atoms. The van der Waals surface area contributed by atoms with Gasteiger partial charge in [-0.1, -0.05) is 36.4 Å². The highest BCUT2D eigenvalue weighted by Gasteiger charge is 2.62. The van der Waals surface area contributed by atoms with Crippen molar-refractivity contribution in [3.8, 4) is 34.5 Å². The lowest BCUT2D eigenvalue weighted by atomic mass is 9.77. The van der Waals surface area contributed by atoms with Crippen LogP contribution in [0.3, 0.4) is 0 Å². The van der Waals surface area contributed by atoms with Gasteiger partial charge in [0.25, 0.3) is 0 Å². The van der Waals surface area contributed by atoms with E-state index < -0.39 is 21.8 Å². The molecule has 0 spiro atoms. The zero-order chi connectivity index (χ0) is 18.5. The van der Waals surface area contributed by atoms with Gasteiger partial charge in [-0.15, -0.1) is 0 Å². The first-order valence-electron chi connectivity index (χ1n) is 8.90. The van der Waals surface area contributed by atoms with E-state index in [0.29, 0.717) is 34.5 Å². The maximum Gasteiger partial charge on any atom is 0.690 e. The molecule has 0 saturated heterocycles. The van der Waals surface area contributed by atoms with Crippen LogP contribution in [0, 0.1) is 0 Å². The van der Waals surface area contributed by atoms with Gasteiger partial charge in [-0.25, -0.2) is 0 Å². The number of benzene rings is 3. The van der Waals surface area contributed by atoms with E-state index >= 15 is 0 Å². The number of hydrogen-bond acceptors (Lipinski definition) is 7. The van der Waals surface area contributed by atoms with E-state index in [4.69, 9.17) is 27.9 Å². The summed E-state index contributed by atoms with van der Waals surface area (Å²) in [6.45, 7) is 0. The molecular weight excluding hydrogens is 359 g/mol. The number of fused-ring (bicyclic) bond motifs is 3. The molecule has 3 aliphatic heterocycles. The van der Waals surface area contributed by atoms with Crippen LogP contribution in [0.5, 0.6) is 34.5 Å². The molecule has 0 saturated carbocycles. The Morgan fingerprint density at radius 3 is 0.821 bits per heavy atom. The quantitative estimate of drug-likeness (QED) is 0.657. The smallest absolute Gasteiger partial charge is 0.510 e. The lowest BCUT2D eigenvalue weighted by Crippen LogP contribution is -2.67. The first-order valence-corrected chi connectivity index (χ1v) is 8.90. The van der Waals surface area contributed by atoms with Gasteiger partial charge in [-0.05, 0) is 36.4 Å². The van der Waals surface area contributed by atoms with Crippen LogP contribution in [0.25, 0.3) is 0 Å². The van der Waals surface area contributed by atoms with Gasteiger partial charge in [0.15, 0.2) is 0 Å². The highest BCUT2D eigenvalue weighted by molar-refractivity contribution is 6.77. The molecule has 0 amide bonds. The summed E-state index contributed by atoms with van der Waals surface area (Å²) in [5.41, 5.74) is 0. The predicted octanol–water partition coefficient (Wildman–Crippen LogP) is 2.66. The highest BCUT2D eigenvalue weighted by atomic mass is 16.7. The normalized spacial score (nSPS) is 15.5. The molecule has 28 heavy (non-hydrogen) atoms. The Bertz CT molecular complexity index is 846. The van der Waals surface area contributed by atoms with Crippen LogP contribution in [0.2, 0.25) is 0 Å². The molecule has 0 radical (unpaired) electrons. The lowest BCUT2D eigenvalue weighted by Gasteiger charge is -2.23. The molecule has 3 aromatic rings. The Morgan fingerprint density at radius 2 is 0.607 bits per heavy atom. The third-order valence-corrected chi connectivity index (χ3v) is 4.64. The number of hydrogen-bond donors (Lipinski definition) is 0. The Hall–Kier alpha value is -3.39. The molecule has 7 nitrogen and oxygen atoms in total. The molecule has 0 aromatic heterocycles. The van der Waals surface area contributed by atoms with Crippen LogP contribution in [-0.2, 0) is 0 Å². The monoisotopic (exact) mass is 371 g/mol. The van der Waals surface area contributed by atoms with Crippen molar-refractivity contribution in [2.75, 3.05) is 0 Å². The van der Waals surface area contributed by atoms with Gasteiger partial charge in [-0.2, -0.15) is 4.63 Å². The van der Waals surface area contributed by atoms with E-state index in [1.54, 1.807) is 4.63 Å². The van der Waals surface area contributed by atoms with E-state index in [1.807, 2.05) is 72.8 Å². The third kappa shape index (κ3) is 2.45. The van der Waals surface area contributed by atoms with E-state index in [-0.39, 0.29) is 0 Å². The summed E-state index contributed by atoms with van der Waals surface area (Å²) < 4.78 is 37.5. The SMILES string of the molecule is c1ccc2c(c1)OB(N(B1Oc3ccccc3O1)B1Oc3ccccc3O1)O2. The fourth-order valence-electron chi connectivity index (χ4n) is 3.32. The lowest BCUT2D eigenvalue weighted by molar-refractivity contribution is 0.351. The fraction of sp³-hybridized carbons (Fsp3) is 0. The van der Waals surface area contributed by atoms with Crippen LogP contribution in [0.4, 0.5) is 0 Å². The molecule has 134 valence electrons. The van der Waals surface area contributed by atoms with Crippen molar-refractivity contribution in [3.05, 3.63) is 72.8 Å². The molecule has 6 rings (SSSR count). The van der Waals surface area contributed by atoms with Gasteiger partial charge < -0.3 is 27.9 Å². The first-order chi connectivity index (χ1) is 13.8. The van der Waals surface area contributed by atoms with Crippen molar-refractivity contribution in [2.24, 2.45) is 0 Å². The molecule has 3 aliphatic rings. The van der Waals surface area contributed by atoms with Crippen LogP contribution < -0.4 is 27.9 Å². The number of nitrogens with zero attached hydrogens (tertiary/aromatic N) is 1. The molecule has 10 heteroatoms. The van der Waals surface area contributed by atoms with Gasteiger partial charge in [0.1, 0.15) is 34.5 Å². The van der Waals surface area contributed by atoms with Crippen LogP contribution in [0.1, 0.15) is 0 Å². The van der Waals surface area contributed by atoms with E-state index in [9.17, 15) is 0 Å². The second-order valence-electron chi connectivity index (χ2n) is 6.42. The van der Waals surface area contributed by atoms with Crippen molar-refractivity contribution in [3.63, 3.8) is 0 Å². The Balaban J connectivity index is 1.33. The Kier molecular flexibility index (Phi) is 3.39. The van der Waals surface area contributed by atoms with Gasteiger partial charge in [0.2, 0.25) is 0 Å². The van der Waals surface area contributed by atoms with Crippen LogP contribution in [0.15, 0.2) is 72.8 Å². The Morgan fingerprint density at radius 1 is 0.393 bits per heavy atom. The molecule has 0 unspecified atom stereocenters. The number of para-hydroxylation sites is 6. The highest BCUT2D eigenvalue weighted by Crippen LogP contribution is 2.40. The Labute approximate surface area is 162 Å². The van der Waals surface area contributed by atoms with E-state index in [2.05, 4.69) is 0 Å². The third-order valence-electron chi connectivity index (χ3n) is 4.64. The summed E-state index contributed by atoms with van der Waals surface area (Å²) in [5.74, 6) is 3.77. The summed E-state index contributed by atoms with van der Waals surface area (Å²) >= 11 is 0. The van der Waals surface area contributed by atoms with E-state index in [0.717, 1.165) is 0 Å². The zero-order valence-electron chi connectivity index (χ0n) is 14.6.